The molecule has 0 spiro atoms. The number of likely N-dealkylation sites (N-methyl/N-ethyl adjacent to an activating group) is 2. The third-order valence-electron chi connectivity index (χ3n) is 7.80. The summed E-state index contributed by atoms with van der Waals surface area (Å²) in [6.45, 7) is 12.3. The van der Waals surface area contributed by atoms with Crippen molar-refractivity contribution in [3.05, 3.63) is 69.9 Å². The lowest BCUT2D eigenvalue weighted by Gasteiger charge is -2.34. The molecule has 1 fully saturated rings. The predicted molar refractivity (Wildman–Crippen MR) is 164 cm³/mol. The Balaban J connectivity index is 0.00000205. The van der Waals surface area contributed by atoms with Gasteiger partial charge in [-0.25, -0.2) is 0 Å². The van der Waals surface area contributed by atoms with Crippen molar-refractivity contribution in [3.8, 4) is 0 Å². The van der Waals surface area contributed by atoms with Gasteiger partial charge in [0.05, 0.1) is 12.3 Å². The SMILES string of the molecule is C=c1cc(CN2CCC(C3=CC=C(C(=O)N(C)C)CC3)CC2)n(C)[nH]cc/c1=C1/C=CC(=NC)CN1C.CC. The lowest BCUT2D eigenvalue weighted by atomic mass is 9.83. The number of aromatic amines is 1. The van der Waals surface area contributed by atoms with Crippen molar-refractivity contribution in [1.29, 1.82) is 0 Å². The Morgan fingerprint density at radius 1 is 1.13 bits per heavy atom. The highest BCUT2D eigenvalue weighted by Gasteiger charge is 2.25. The standard InChI is InChI=1S/C30H42N6O.C2H6/c1-22-19-27(35(6)32-16-13-28(22)29-12-11-26(31-2)20-34(29)5)21-36-17-14-24(15-18-36)23-7-9-25(10-8-23)30(37)33(3)4;1-2/h7,9,11-13,16,19,24,32H,1,8,10,14-15,17-18,20-21H2,2-6H3;1-2H3/b16-13?,27-19?,29-28+,31-26?;. The molecule has 0 radical (unpaired) electrons. The van der Waals surface area contributed by atoms with Gasteiger partial charge in [0, 0.05) is 70.2 Å². The Kier molecular flexibility index (Phi) is 11.0. The maximum Gasteiger partial charge on any atom is 0.249 e. The zero-order valence-electron chi connectivity index (χ0n) is 25.1. The maximum absolute atomic E-state index is 12.2. The number of likely N-dealkylation sites (tertiary alicyclic amines) is 1. The first kappa shape index (κ1) is 30.2. The first-order valence-electron chi connectivity index (χ1n) is 14.3. The number of aromatic nitrogens is 2. The Hall–Kier alpha value is -3.32. The van der Waals surface area contributed by atoms with E-state index < -0.39 is 0 Å². The monoisotopic (exact) mass is 532 g/mol. The normalized spacial score (nSPS) is 20.6. The molecule has 1 saturated heterocycles. The lowest BCUT2D eigenvalue weighted by molar-refractivity contribution is -0.124. The summed E-state index contributed by atoms with van der Waals surface area (Å²) < 4.78 is 2.09. The molecule has 1 aliphatic carbocycles. The molecule has 0 saturated carbocycles. The van der Waals surface area contributed by atoms with Crippen molar-refractivity contribution in [2.45, 2.75) is 46.1 Å². The summed E-state index contributed by atoms with van der Waals surface area (Å²) in [5.74, 6) is 0.751. The molecule has 0 atom stereocenters. The summed E-state index contributed by atoms with van der Waals surface area (Å²) in [5.41, 5.74) is 5.87. The minimum absolute atomic E-state index is 0.135. The van der Waals surface area contributed by atoms with E-state index in [1.165, 1.54) is 11.3 Å². The molecule has 3 heterocycles. The molecule has 2 aliphatic heterocycles. The van der Waals surface area contributed by atoms with Gasteiger partial charge in [0.25, 0.3) is 0 Å². The van der Waals surface area contributed by atoms with Gasteiger partial charge in [0.2, 0.25) is 5.91 Å². The van der Waals surface area contributed by atoms with Crippen LogP contribution in [0.5, 0.6) is 0 Å². The molecule has 0 bridgehead atoms. The summed E-state index contributed by atoms with van der Waals surface area (Å²) in [6.07, 6.45) is 14.7. The number of amides is 1. The van der Waals surface area contributed by atoms with E-state index >= 15 is 0 Å². The number of hydrogen-bond donors (Lipinski definition) is 1. The summed E-state index contributed by atoms with van der Waals surface area (Å²) in [6, 6.07) is 4.32. The second-order valence-electron chi connectivity index (χ2n) is 10.6. The summed E-state index contributed by atoms with van der Waals surface area (Å²) in [5, 5.41) is 5.53. The summed E-state index contributed by atoms with van der Waals surface area (Å²) >= 11 is 0. The van der Waals surface area contributed by atoms with Crippen LogP contribution in [0.2, 0.25) is 0 Å². The second kappa shape index (κ2) is 14.2. The molecule has 0 aromatic carbocycles. The molecular formula is C32H48N6O. The third kappa shape index (κ3) is 7.63. The van der Waals surface area contributed by atoms with Crippen LogP contribution in [0, 0.1) is 5.92 Å². The fourth-order valence-corrected chi connectivity index (χ4v) is 5.47. The Morgan fingerprint density at radius 2 is 1.85 bits per heavy atom. The number of H-pyrrole nitrogens is 1. The molecule has 7 nitrogen and oxygen atoms in total. The molecule has 1 aromatic heterocycles. The number of aliphatic imine (C=N–C) groups is 1. The highest BCUT2D eigenvalue weighted by Crippen LogP contribution is 2.32. The summed E-state index contributed by atoms with van der Waals surface area (Å²) in [7, 11) is 9.65. The van der Waals surface area contributed by atoms with E-state index in [1.807, 2.05) is 47.3 Å². The van der Waals surface area contributed by atoms with Crippen molar-refractivity contribution in [2.24, 2.45) is 18.0 Å². The van der Waals surface area contributed by atoms with Crippen LogP contribution in [0.25, 0.3) is 12.3 Å². The fraction of sp³-hybridized carbons (Fsp3) is 0.500. The van der Waals surface area contributed by atoms with Crippen molar-refractivity contribution in [2.75, 3.05) is 47.8 Å². The Labute approximate surface area is 234 Å². The van der Waals surface area contributed by atoms with Crippen LogP contribution in [0.15, 0.2) is 58.8 Å². The van der Waals surface area contributed by atoms with Crippen LogP contribution in [-0.2, 0) is 18.4 Å². The maximum atomic E-state index is 12.2. The number of nitrogens with zero attached hydrogens (tertiary/aromatic N) is 5. The van der Waals surface area contributed by atoms with Gasteiger partial charge in [-0.1, -0.05) is 38.2 Å². The average molecular weight is 533 g/mol. The molecular weight excluding hydrogens is 484 g/mol. The number of piperidine rings is 1. The average Bonchev–Trinajstić information content (AvgIpc) is 2.95. The molecule has 0 unspecified atom stereocenters. The first-order chi connectivity index (χ1) is 18.8. The van der Waals surface area contributed by atoms with Crippen LogP contribution in [0.1, 0.15) is 45.2 Å². The van der Waals surface area contributed by atoms with Crippen molar-refractivity contribution >= 4 is 23.9 Å². The smallest absolute Gasteiger partial charge is 0.249 e. The van der Waals surface area contributed by atoms with Gasteiger partial charge in [-0.05, 0) is 74.2 Å². The topological polar surface area (TPSA) is 59.9 Å². The molecule has 7 heteroatoms. The van der Waals surface area contributed by atoms with E-state index in [0.717, 1.165) is 79.3 Å². The number of aryl methyl sites for hydroxylation is 1. The molecule has 1 N–H and O–H groups in total. The van der Waals surface area contributed by atoms with Gasteiger partial charge >= 0.3 is 0 Å². The number of carbonyl (C=O) groups is 1. The van der Waals surface area contributed by atoms with Crippen LogP contribution in [-0.4, -0.2) is 83.9 Å². The minimum Gasteiger partial charge on any atom is -0.368 e. The van der Waals surface area contributed by atoms with Gasteiger partial charge in [0.15, 0.2) is 0 Å². The Morgan fingerprint density at radius 3 is 2.44 bits per heavy atom. The zero-order chi connectivity index (χ0) is 28.5. The van der Waals surface area contributed by atoms with Crippen LogP contribution >= 0.6 is 0 Å². The molecule has 1 aromatic rings. The minimum atomic E-state index is 0.135. The highest BCUT2D eigenvalue weighted by molar-refractivity contribution is 6.00. The number of allylic oxidation sites excluding steroid dienone is 3. The van der Waals surface area contributed by atoms with E-state index in [1.54, 1.807) is 4.90 Å². The summed E-state index contributed by atoms with van der Waals surface area (Å²) in [4.78, 5) is 23.0. The molecule has 1 amide bonds. The second-order valence-corrected chi connectivity index (χ2v) is 10.6. The van der Waals surface area contributed by atoms with Crippen LogP contribution < -0.4 is 10.4 Å². The number of nitrogens with one attached hydrogen (secondary N) is 1. The van der Waals surface area contributed by atoms with Crippen LogP contribution in [0.4, 0.5) is 0 Å². The predicted octanol–water partition coefficient (Wildman–Crippen LogP) is 3.54. The fourth-order valence-electron chi connectivity index (χ4n) is 5.47. The Bertz CT molecular complexity index is 1300. The van der Waals surface area contributed by atoms with Gasteiger partial charge in [-0.2, -0.15) is 0 Å². The largest absolute Gasteiger partial charge is 0.368 e. The number of hydrogen-bond acceptors (Lipinski definition) is 4. The van der Waals surface area contributed by atoms with Crippen molar-refractivity contribution < 1.29 is 4.79 Å². The highest BCUT2D eigenvalue weighted by atomic mass is 16.2. The van der Waals surface area contributed by atoms with Crippen molar-refractivity contribution in [3.63, 3.8) is 0 Å². The van der Waals surface area contributed by atoms with Gasteiger partial charge in [0.1, 0.15) is 0 Å². The number of rotatable bonds is 4. The molecule has 4 rings (SSSR count). The lowest BCUT2D eigenvalue weighted by Crippen LogP contribution is -2.37. The van der Waals surface area contributed by atoms with E-state index in [4.69, 9.17) is 0 Å². The first-order valence-corrected chi connectivity index (χ1v) is 14.3. The quantitative estimate of drug-likeness (QED) is 0.645. The molecule has 39 heavy (non-hydrogen) atoms. The van der Waals surface area contributed by atoms with Gasteiger partial charge in [-0.15, -0.1) is 0 Å². The number of carbonyl (C=O) groups excluding carboxylic acids is 1. The van der Waals surface area contributed by atoms with E-state index in [0.29, 0.717) is 5.92 Å². The molecule has 212 valence electrons. The van der Waals surface area contributed by atoms with E-state index in [-0.39, 0.29) is 5.91 Å². The third-order valence-corrected chi connectivity index (χ3v) is 7.80. The van der Waals surface area contributed by atoms with Crippen LogP contribution in [0.3, 0.4) is 0 Å². The molecule has 3 aliphatic rings. The van der Waals surface area contributed by atoms with E-state index in [9.17, 15) is 4.79 Å². The van der Waals surface area contributed by atoms with Gasteiger partial charge in [-0.3, -0.25) is 19.4 Å². The van der Waals surface area contributed by atoms with E-state index in [2.05, 4.69) is 75.6 Å². The zero-order valence-corrected chi connectivity index (χ0v) is 25.1. The van der Waals surface area contributed by atoms with Gasteiger partial charge < -0.3 is 14.9 Å². The van der Waals surface area contributed by atoms with Crippen molar-refractivity contribution in [1.82, 2.24) is 24.5 Å².